The summed E-state index contributed by atoms with van der Waals surface area (Å²) < 4.78 is 5.42. The van der Waals surface area contributed by atoms with Crippen molar-refractivity contribution in [1.82, 2.24) is 0 Å². The van der Waals surface area contributed by atoms with Crippen molar-refractivity contribution < 1.29 is 9.53 Å². The Balaban J connectivity index is 2.06. The number of ether oxygens (including phenoxy) is 1. The topological polar surface area (TPSA) is 26.3 Å². The maximum atomic E-state index is 11.9. The molecule has 86 valence electrons. The van der Waals surface area contributed by atoms with E-state index in [0.717, 1.165) is 30.8 Å². The van der Waals surface area contributed by atoms with Crippen molar-refractivity contribution in [3.05, 3.63) is 29.3 Å². The van der Waals surface area contributed by atoms with Crippen molar-refractivity contribution in [3.8, 4) is 5.75 Å². The van der Waals surface area contributed by atoms with Crippen LogP contribution in [0.25, 0.3) is 0 Å². The highest BCUT2D eigenvalue weighted by Crippen LogP contribution is 2.26. The van der Waals surface area contributed by atoms with E-state index in [9.17, 15) is 4.79 Å². The minimum Gasteiger partial charge on any atom is -0.493 e. The molecule has 0 saturated heterocycles. The molecule has 0 amide bonds. The predicted octanol–water partition coefficient (Wildman–Crippen LogP) is 3.24. The average Bonchev–Trinajstić information content (AvgIpc) is 2.72. The number of carbonyl (C=O) groups is 1. The summed E-state index contributed by atoms with van der Waals surface area (Å²) in [6, 6.07) is 5.79. The van der Waals surface area contributed by atoms with E-state index >= 15 is 0 Å². The summed E-state index contributed by atoms with van der Waals surface area (Å²) in [6.07, 6.45) is 2.55. The Morgan fingerprint density at radius 2 is 2.25 bits per heavy atom. The zero-order chi connectivity index (χ0) is 11.5. The van der Waals surface area contributed by atoms with Crippen molar-refractivity contribution in [3.63, 3.8) is 0 Å². The third-order valence-corrected chi connectivity index (χ3v) is 2.96. The van der Waals surface area contributed by atoms with E-state index in [1.54, 1.807) is 0 Å². The van der Waals surface area contributed by atoms with Crippen LogP contribution < -0.4 is 4.74 Å². The van der Waals surface area contributed by atoms with Gasteiger partial charge in [0.05, 0.1) is 6.61 Å². The SMILES string of the molecule is CC(C)CCC(=O)c1ccc2c(c1)CCO2. The van der Waals surface area contributed by atoms with Gasteiger partial charge in [-0.15, -0.1) is 0 Å². The lowest BCUT2D eigenvalue weighted by molar-refractivity contribution is 0.0975. The molecule has 1 aliphatic rings. The van der Waals surface area contributed by atoms with Crippen LogP contribution in [-0.2, 0) is 6.42 Å². The zero-order valence-electron chi connectivity index (χ0n) is 9.95. The summed E-state index contributed by atoms with van der Waals surface area (Å²) >= 11 is 0. The molecular weight excluding hydrogens is 200 g/mol. The summed E-state index contributed by atoms with van der Waals surface area (Å²) in [5, 5.41) is 0. The maximum Gasteiger partial charge on any atom is 0.162 e. The van der Waals surface area contributed by atoms with Crippen LogP contribution in [-0.4, -0.2) is 12.4 Å². The first-order chi connectivity index (χ1) is 7.66. The highest BCUT2D eigenvalue weighted by atomic mass is 16.5. The Labute approximate surface area is 96.6 Å². The third-order valence-electron chi connectivity index (χ3n) is 2.96. The van der Waals surface area contributed by atoms with E-state index in [0.29, 0.717) is 12.3 Å². The second kappa shape index (κ2) is 4.69. The van der Waals surface area contributed by atoms with Crippen LogP contribution in [0.5, 0.6) is 5.75 Å². The number of carbonyl (C=O) groups excluding carboxylic acids is 1. The minimum absolute atomic E-state index is 0.253. The van der Waals surface area contributed by atoms with Crippen molar-refractivity contribution in [2.45, 2.75) is 33.1 Å². The lowest BCUT2D eigenvalue weighted by Gasteiger charge is -2.05. The van der Waals surface area contributed by atoms with E-state index in [1.807, 2.05) is 18.2 Å². The fraction of sp³-hybridized carbons (Fsp3) is 0.500. The Hall–Kier alpha value is -1.31. The number of ketones is 1. The Morgan fingerprint density at radius 1 is 1.44 bits per heavy atom. The molecule has 0 unspecified atom stereocenters. The molecule has 0 saturated carbocycles. The van der Waals surface area contributed by atoms with Gasteiger partial charge in [0.2, 0.25) is 0 Å². The Kier molecular flexibility index (Phi) is 3.28. The molecule has 0 fully saturated rings. The highest BCUT2D eigenvalue weighted by Gasteiger charge is 2.14. The van der Waals surface area contributed by atoms with Crippen LogP contribution in [0.15, 0.2) is 18.2 Å². The summed E-state index contributed by atoms with van der Waals surface area (Å²) in [5.41, 5.74) is 2.01. The average molecular weight is 218 g/mol. The van der Waals surface area contributed by atoms with Gasteiger partial charge in [0, 0.05) is 18.4 Å². The molecule has 0 radical (unpaired) electrons. The summed E-state index contributed by atoms with van der Waals surface area (Å²) in [7, 11) is 0. The maximum absolute atomic E-state index is 11.9. The molecule has 0 aliphatic carbocycles. The van der Waals surface area contributed by atoms with Gasteiger partial charge in [0.1, 0.15) is 5.75 Å². The number of Topliss-reactive ketones (excluding diaryl/α,β-unsaturated/α-hetero) is 1. The fourth-order valence-electron chi connectivity index (χ4n) is 1.92. The van der Waals surface area contributed by atoms with Gasteiger partial charge in [-0.25, -0.2) is 0 Å². The smallest absolute Gasteiger partial charge is 0.162 e. The normalized spacial score (nSPS) is 13.7. The van der Waals surface area contributed by atoms with Crippen LogP contribution >= 0.6 is 0 Å². The van der Waals surface area contributed by atoms with E-state index in [-0.39, 0.29) is 5.78 Å². The monoisotopic (exact) mass is 218 g/mol. The molecule has 0 bridgehead atoms. The molecular formula is C14H18O2. The highest BCUT2D eigenvalue weighted by molar-refractivity contribution is 5.96. The van der Waals surface area contributed by atoms with Crippen molar-refractivity contribution in [2.75, 3.05) is 6.61 Å². The van der Waals surface area contributed by atoms with Gasteiger partial charge in [0.25, 0.3) is 0 Å². The lowest BCUT2D eigenvalue weighted by atomic mass is 9.99. The molecule has 16 heavy (non-hydrogen) atoms. The lowest BCUT2D eigenvalue weighted by Crippen LogP contribution is -2.01. The number of hydrogen-bond donors (Lipinski definition) is 0. The molecule has 0 atom stereocenters. The number of benzene rings is 1. The standard InChI is InChI=1S/C14H18O2/c1-10(2)3-5-13(15)11-4-6-14-12(9-11)7-8-16-14/h4,6,9-10H,3,5,7-8H2,1-2H3. The first-order valence-corrected chi connectivity index (χ1v) is 5.96. The third kappa shape index (κ3) is 2.43. The summed E-state index contributed by atoms with van der Waals surface area (Å²) in [5.74, 6) is 1.78. The fourth-order valence-corrected chi connectivity index (χ4v) is 1.92. The molecule has 2 heteroatoms. The van der Waals surface area contributed by atoms with Gasteiger partial charge >= 0.3 is 0 Å². The van der Waals surface area contributed by atoms with Crippen LogP contribution in [0, 0.1) is 5.92 Å². The van der Waals surface area contributed by atoms with Gasteiger partial charge in [-0.05, 0) is 36.1 Å². The Bertz CT molecular complexity index is 394. The number of hydrogen-bond acceptors (Lipinski definition) is 2. The molecule has 1 heterocycles. The van der Waals surface area contributed by atoms with Gasteiger partial charge in [-0.3, -0.25) is 4.79 Å². The summed E-state index contributed by atoms with van der Waals surface area (Å²) in [6.45, 7) is 5.03. The van der Waals surface area contributed by atoms with Crippen molar-refractivity contribution in [2.24, 2.45) is 5.92 Å². The first-order valence-electron chi connectivity index (χ1n) is 5.96. The Morgan fingerprint density at radius 3 is 3.00 bits per heavy atom. The van der Waals surface area contributed by atoms with E-state index in [2.05, 4.69) is 13.8 Å². The number of fused-ring (bicyclic) bond motifs is 1. The predicted molar refractivity (Wildman–Crippen MR) is 64.0 cm³/mol. The van der Waals surface area contributed by atoms with Crippen LogP contribution in [0.1, 0.15) is 42.6 Å². The van der Waals surface area contributed by atoms with Crippen LogP contribution in [0.4, 0.5) is 0 Å². The molecule has 1 aliphatic heterocycles. The van der Waals surface area contributed by atoms with E-state index < -0.39 is 0 Å². The largest absolute Gasteiger partial charge is 0.493 e. The van der Waals surface area contributed by atoms with Crippen LogP contribution in [0.3, 0.4) is 0 Å². The van der Waals surface area contributed by atoms with Gasteiger partial charge in [-0.2, -0.15) is 0 Å². The molecule has 0 N–H and O–H groups in total. The van der Waals surface area contributed by atoms with Gasteiger partial charge in [0.15, 0.2) is 5.78 Å². The second-order valence-electron chi connectivity index (χ2n) is 4.78. The second-order valence-corrected chi connectivity index (χ2v) is 4.78. The molecule has 2 nitrogen and oxygen atoms in total. The molecule has 0 aromatic heterocycles. The molecule has 1 aromatic rings. The first kappa shape index (κ1) is 11.2. The quantitative estimate of drug-likeness (QED) is 0.725. The van der Waals surface area contributed by atoms with Crippen molar-refractivity contribution in [1.29, 1.82) is 0 Å². The molecule has 0 spiro atoms. The summed E-state index contributed by atoms with van der Waals surface area (Å²) in [4.78, 5) is 11.9. The van der Waals surface area contributed by atoms with E-state index in [4.69, 9.17) is 4.74 Å². The van der Waals surface area contributed by atoms with Crippen LogP contribution in [0.2, 0.25) is 0 Å². The minimum atomic E-state index is 0.253. The number of rotatable bonds is 4. The van der Waals surface area contributed by atoms with Gasteiger partial charge in [-0.1, -0.05) is 13.8 Å². The van der Waals surface area contributed by atoms with Crippen molar-refractivity contribution >= 4 is 5.78 Å². The van der Waals surface area contributed by atoms with Gasteiger partial charge < -0.3 is 4.74 Å². The molecule has 2 rings (SSSR count). The van der Waals surface area contributed by atoms with E-state index in [1.165, 1.54) is 5.56 Å². The molecule has 1 aromatic carbocycles. The zero-order valence-corrected chi connectivity index (χ0v) is 9.95.